The standard InChI is InChI=1S/C12H17N3/c1-8(13)7-10-5-4-6-11-12(10)9(2)15(3)14-11/h4-6,8H,7,13H2,1-3H3. The molecule has 0 fully saturated rings. The zero-order chi connectivity index (χ0) is 11.0. The predicted molar refractivity (Wildman–Crippen MR) is 62.8 cm³/mol. The second-order valence-corrected chi connectivity index (χ2v) is 4.20. The van der Waals surface area contributed by atoms with Crippen LogP contribution in [0, 0.1) is 6.92 Å². The maximum Gasteiger partial charge on any atom is 0.0928 e. The third-order valence-electron chi connectivity index (χ3n) is 2.78. The SMILES string of the molecule is Cc1c2c(CC(C)N)cccc2nn1C. The lowest BCUT2D eigenvalue weighted by molar-refractivity contribution is 0.738. The summed E-state index contributed by atoms with van der Waals surface area (Å²) in [7, 11) is 1.98. The lowest BCUT2D eigenvalue weighted by atomic mass is 10.0. The molecule has 0 amide bonds. The van der Waals surface area contributed by atoms with Crippen LogP contribution in [-0.4, -0.2) is 15.8 Å². The van der Waals surface area contributed by atoms with Gasteiger partial charge in [-0.1, -0.05) is 12.1 Å². The normalized spacial score (nSPS) is 13.3. The molecule has 3 heteroatoms. The van der Waals surface area contributed by atoms with Crippen molar-refractivity contribution in [2.75, 3.05) is 0 Å². The van der Waals surface area contributed by atoms with E-state index in [1.165, 1.54) is 16.6 Å². The monoisotopic (exact) mass is 203 g/mol. The van der Waals surface area contributed by atoms with Crippen LogP contribution >= 0.6 is 0 Å². The minimum Gasteiger partial charge on any atom is -0.328 e. The first-order chi connectivity index (χ1) is 7.09. The highest BCUT2D eigenvalue weighted by atomic mass is 15.3. The van der Waals surface area contributed by atoms with Crippen molar-refractivity contribution in [1.82, 2.24) is 9.78 Å². The largest absolute Gasteiger partial charge is 0.328 e. The summed E-state index contributed by atoms with van der Waals surface area (Å²) in [6, 6.07) is 6.43. The third-order valence-corrected chi connectivity index (χ3v) is 2.78. The highest BCUT2D eigenvalue weighted by Crippen LogP contribution is 2.22. The Bertz CT molecular complexity index is 483. The third kappa shape index (κ3) is 1.75. The first-order valence-electron chi connectivity index (χ1n) is 5.26. The van der Waals surface area contributed by atoms with E-state index in [4.69, 9.17) is 5.73 Å². The highest BCUT2D eigenvalue weighted by Gasteiger charge is 2.09. The maximum atomic E-state index is 5.85. The van der Waals surface area contributed by atoms with Gasteiger partial charge >= 0.3 is 0 Å². The quantitative estimate of drug-likeness (QED) is 0.808. The van der Waals surface area contributed by atoms with Crippen LogP contribution in [0.3, 0.4) is 0 Å². The molecule has 0 spiro atoms. The van der Waals surface area contributed by atoms with Crippen molar-refractivity contribution < 1.29 is 0 Å². The summed E-state index contributed by atoms with van der Waals surface area (Å²) in [5.41, 5.74) is 9.42. The van der Waals surface area contributed by atoms with E-state index in [-0.39, 0.29) is 6.04 Å². The van der Waals surface area contributed by atoms with Gasteiger partial charge in [-0.05, 0) is 31.9 Å². The van der Waals surface area contributed by atoms with Gasteiger partial charge in [0.25, 0.3) is 0 Å². The molecular weight excluding hydrogens is 186 g/mol. The number of hydrogen-bond acceptors (Lipinski definition) is 2. The second-order valence-electron chi connectivity index (χ2n) is 4.20. The van der Waals surface area contributed by atoms with Crippen molar-refractivity contribution in [3.05, 3.63) is 29.5 Å². The van der Waals surface area contributed by atoms with Crippen LogP contribution in [0.4, 0.5) is 0 Å². The smallest absolute Gasteiger partial charge is 0.0928 e. The van der Waals surface area contributed by atoms with Crippen molar-refractivity contribution in [3.8, 4) is 0 Å². The molecule has 0 aliphatic rings. The molecule has 15 heavy (non-hydrogen) atoms. The van der Waals surface area contributed by atoms with Gasteiger partial charge < -0.3 is 5.73 Å². The van der Waals surface area contributed by atoms with E-state index >= 15 is 0 Å². The molecule has 2 N–H and O–H groups in total. The fourth-order valence-electron chi connectivity index (χ4n) is 2.00. The van der Waals surface area contributed by atoms with Gasteiger partial charge in [-0.2, -0.15) is 5.10 Å². The van der Waals surface area contributed by atoms with Crippen LogP contribution in [0.5, 0.6) is 0 Å². The Balaban J connectivity index is 2.63. The van der Waals surface area contributed by atoms with Gasteiger partial charge in [0.05, 0.1) is 5.52 Å². The lowest BCUT2D eigenvalue weighted by Gasteiger charge is -2.06. The Hall–Kier alpha value is -1.35. The van der Waals surface area contributed by atoms with Gasteiger partial charge in [0.2, 0.25) is 0 Å². The van der Waals surface area contributed by atoms with Gasteiger partial charge in [0.1, 0.15) is 0 Å². The van der Waals surface area contributed by atoms with Crippen LogP contribution < -0.4 is 5.73 Å². The average Bonchev–Trinajstić information content (AvgIpc) is 2.43. The molecular formula is C12H17N3. The van der Waals surface area contributed by atoms with Gasteiger partial charge in [0, 0.05) is 24.2 Å². The number of hydrogen-bond donors (Lipinski definition) is 1. The van der Waals surface area contributed by atoms with Crippen molar-refractivity contribution in [1.29, 1.82) is 0 Å². The average molecular weight is 203 g/mol. The fraction of sp³-hybridized carbons (Fsp3) is 0.417. The van der Waals surface area contributed by atoms with Gasteiger partial charge in [0.15, 0.2) is 0 Å². The number of benzene rings is 1. The van der Waals surface area contributed by atoms with E-state index in [0.29, 0.717) is 0 Å². The summed E-state index contributed by atoms with van der Waals surface area (Å²) < 4.78 is 1.93. The van der Waals surface area contributed by atoms with E-state index in [1.807, 2.05) is 30.8 Å². The minimum atomic E-state index is 0.190. The zero-order valence-corrected chi connectivity index (χ0v) is 9.49. The molecule has 1 aromatic heterocycles. The molecule has 80 valence electrons. The van der Waals surface area contributed by atoms with E-state index in [9.17, 15) is 0 Å². The number of aromatic nitrogens is 2. The molecule has 1 atom stereocenters. The molecule has 0 aliphatic heterocycles. The summed E-state index contributed by atoms with van der Waals surface area (Å²) in [6.45, 7) is 4.13. The van der Waals surface area contributed by atoms with Gasteiger partial charge in [-0.3, -0.25) is 4.68 Å². The van der Waals surface area contributed by atoms with Crippen LogP contribution in [0.25, 0.3) is 10.9 Å². The minimum absolute atomic E-state index is 0.190. The van der Waals surface area contributed by atoms with E-state index in [0.717, 1.165) is 11.9 Å². The molecule has 0 radical (unpaired) electrons. The van der Waals surface area contributed by atoms with Gasteiger partial charge in [-0.25, -0.2) is 0 Å². The van der Waals surface area contributed by atoms with Crippen LogP contribution in [-0.2, 0) is 13.5 Å². The number of fused-ring (bicyclic) bond motifs is 1. The number of rotatable bonds is 2. The predicted octanol–water partition coefficient (Wildman–Crippen LogP) is 1.77. The van der Waals surface area contributed by atoms with Gasteiger partial charge in [-0.15, -0.1) is 0 Å². The summed E-state index contributed by atoms with van der Waals surface area (Å²) in [4.78, 5) is 0. The summed E-state index contributed by atoms with van der Waals surface area (Å²) in [5, 5.41) is 5.72. The highest BCUT2D eigenvalue weighted by molar-refractivity contribution is 5.85. The summed E-state index contributed by atoms with van der Waals surface area (Å²) >= 11 is 0. The summed E-state index contributed by atoms with van der Waals surface area (Å²) in [6.07, 6.45) is 0.907. The fourth-order valence-corrected chi connectivity index (χ4v) is 2.00. The zero-order valence-electron chi connectivity index (χ0n) is 9.49. The Morgan fingerprint density at radius 1 is 1.47 bits per heavy atom. The van der Waals surface area contributed by atoms with Crippen molar-refractivity contribution in [3.63, 3.8) is 0 Å². The number of nitrogens with two attached hydrogens (primary N) is 1. The Morgan fingerprint density at radius 3 is 2.87 bits per heavy atom. The van der Waals surface area contributed by atoms with Crippen molar-refractivity contribution in [2.24, 2.45) is 12.8 Å². The Labute approximate surface area is 89.9 Å². The molecule has 2 aromatic rings. The molecule has 0 saturated heterocycles. The molecule has 1 unspecified atom stereocenters. The molecule has 0 aliphatic carbocycles. The lowest BCUT2D eigenvalue weighted by Crippen LogP contribution is -2.17. The van der Waals surface area contributed by atoms with E-state index < -0.39 is 0 Å². The molecule has 3 nitrogen and oxygen atoms in total. The van der Waals surface area contributed by atoms with Crippen LogP contribution in [0.15, 0.2) is 18.2 Å². The first-order valence-corrected chi connectivity index (χ1v) is 5.26. The topological polar surface area (TPSA) is 43.8 Å². The van der Waals surface area contributed by atoms with Crippen LogP contribution in [0.1, 0.15) is 18.2 Å². The number of nitrogens with zero attached hydrogens (tertiary/aromatic N) is 2. The Kier molecular flexibility index (Phi) is 2.49. The Morgan fingerprint density at radius 2 is 2.20 bits per heavy atom. The van der Waals surface area contributed by atoms with Crippen molar-refractivity contribution >= 4 is 10.9 Å². The van der Waals surface area contributed by atoms with E-state index in [1.54, 1.807) is 0 Å². The molecule has 0 bridgehead atoms. The van der Waals surface area contributed by atoms with Crippen LogP contribution in [0.2, 0.25) is 0 Å². The van der Waals surface area contributed by atoms with E-state index in [2.05, 4.69) is 18.1 Å². The molecule has 1 heterocycles. The summed E-state index contributed by atoms with van der Waals surface area (Å²) in [5.74, 6) is 0. The molecule has 2 rings (SSSR count). The number of aryl methyl sites for hydroxylation is 2. The first kappa shape index (κ1) is 10.2. The molecule has 0 saturated carbocycles. The second kappa shape index (κ2) is 3.66. The maximum absolute atomic E-state index is 5.85. The molecule has 1 aromatic carbocycles. The van der Waals surface area contributed by atoms with Crippen molar-refractivity contribution in [2.45, 2.75) is 26.3 Å².